The van der Waals surface area contributed by atoms with Crippen LogP contribution in [0.2, 0.25) is 0 Å². The topological polar surface area (TPSA) is 50.3 Å². The molecule has 4 rings (SSSR count). The molecule has 0 fully saturated rings. The first-order chi connectivity index (χ1) is 15.8. The molecular formula is C27H30N4OS. The number of rotatable bonds is 7. The summed E-state index contributed by atoms with van der Waals surface area (Å²) in [6, 6.07) is 22.4. The smallest absolute Gasteiger partial charge is 0.243 e. The summed E-state index contributed by atoms with van der Waals surface area (Å²) in [6.45, 7) is 7.30. The first kappa shape index (κ1) is 23.0. The zero-order valence-electron chi connectivity index (χ0n) is 19.8. The SMILES string of the molecule is CN(C)Cc1nc(Nc2cccnc2Oc2ccccc2C(C)(C)C)sc1-c1ccccc1. The molecule has 2 aromatic carbocycles. The van der Waals surface area contributed by atoms with Crippen LogP contribution in [0.4, 0.5) is 10.8 Å². The highest BCUT2D eigenvalue weighted by Gasteiger charge is 2.20. The Morgan fingerprint density at radius 1 is 0.939 bits per heavy atom. The number of anilines is 2. The number of nitrogens with zero attached hydrogens (tertiary/aromatic N) is 3. The van der Waals surface area contributed by atoms with Gasteiger partial charge in [-0.2, -0.15) is 0 Å². The van der Waals surface area contributed by atoms with Crippen molar-refractivity contribution in [2.24, 2.45) is 0 Å². The van der Waals surface area contributed by atoms with E-state index in [1.807, 2.05) is 36.4 Å². The molecule has 0 aliphatic heterocycles. The van der Waals surface area contributed by atoms with E-state index in [9.17, 15) is 0 Å². The lowest BCUT2D eigenvalue weighted by Crippen LogP contribution is -2.12. The summed E-state index contributed by atoms with van der Waals surface area (Å²) in [5.41, 5.74) is 4.09. The molecule has 6 heteroatoms. The molecule has 2 aromatic heterocycles. The maximum Gasteiger partial charge on any atom is 0.243 e. The summed E-state index contributed by atoms with van der Waals surface area (Å²) in [6.07, 6.45) is 1.74. The van der Waals surface area contributed by atoms with E-state index in [1.165, 1.54) is 5.56 Å². The monoisotopic (exact) mass is 458 g/mol. The van der Waals surface area contributed by atoms with E-state index in [0.717, 1.165) is 39.2 Å². The van der Waals surface area contributed by atoms with Crippen molar-refractivity contribution in [2.75, 3.05) is 19.4 Å². The molecule has 0 amide bonds. The van der Waals surface area contributed by atoms with Crippen molar-refractivity contribution < 1.29 is 4.74 Å². The van der Waals surface area contributed by atoms with Crippen LogP contribution in [0, 0.1) is 0 Å². The maximum absolute atomic E-state index is 6.32. The molecule has 0 aliphatic carbocycles. The summed E-state index contributed by atoms with van der Waals surface area (Å²) in [5.74, 6) is 1.34. The Bertz CT molecular complexity index is 1210. The zero-order chi connectivity index (χ0) is 23.4. The summed E-state index contributed by atoms with van der Waals surface area (Å²) >= 11 is 1.64. The molecule has 4 aromatic rings. The van der Waals surface area contributed by atoms with Gasteiger partial charge in [-0.15, -0.1) is 0 Å². The third kappa shape index (κ3) is 5.59. The van der Waals surface area contributed by atoms with Gasteiger partial charge in [0.25, 0.3) is 0 Å². The fourth-order valence-corrected chi connectivity index (χ4v) is 4.58. The van der Waals surface area contributed by atoms with Crippen LogP contribution in [-0.4, -0.2) is 29.0 Å². The number of hydrogen-bond acceptors (Lipinski definition) is 6. The second kappa shape index (κ2) is 9.73. The number of thiazole rings is 1. The average Bonchev–Trinajstić information content (AvgIpc) is 3.17. The van der Waals surface area contributed by atoms with Crippen LogP contribution >= 0.6 is 11.3 Å². The molecular weight excluding hydrogens is 428 g/mol. The highest BCUT2D eigenvalue weighted by Crippen LogP contribution is 2.39. The number of nitrogens with one attached hydrogen (secondary N) is 1. The lowest BCUT2D eigenvalue weighted by molar-refractivity contribution is 0.398. The predicted octanol–water partition coefficient (Wildman–Crippen LogP) is 7.10. The summed E-state index contributed by atoms with van der Waals surface area (Å²) in [7, 11) is 4.11. The standard InChI is InChI=1S/C27H30N4OS/c1-27(2,3)20-14-9-10-16-23(20)32-25-21(15-11-17-28-25)29-26-30-22(18-31(4)5)24(33-26)19-12-7-6-8-13-19/h6-17H,18H2,1-5H3,(H,29,30). The van der Waals surface area contributed by atoms with E-state index in [2.05, 4.69) is 80.4 Å². The van der Waals surface area contributed by atoms with Gasteiger partial charge >= 0.3 is 0 Å². The van der Waals surface area contributed by atoms with Crippen LogP contribution in [0.1, 0.15) is 32.0 Å². The first-order valence-corrected chi connectivity index (χ1v) is 11.8. The van der Waals surface area contributed by atoms with Gasteiger partial charge in [0.15, 0.2) is 5.13 Å². The molecule has 33 heavy (non-hydrogen) atoms. The highest BCUT2D eigenvalue weighted by atomic mass is 32.1. The van der Waals surface area contributed by atoms with Crippen LogP contribution in [0.3, 0.4) is 0 Å². The molecule has 0 atom stereocenters. The van der Waals surface area contributed by atoms with Gasteiger partial charge in [0.1, 0.15) is 11.4 Å². The van der Waals surface area contributed by atoms with E-state index in [4.69, 9.17) is 9.72 Å². The molecule has 0 radical (unpaired) electrons. The molecule has 5 nitrogen and oxygen atoms in total. The van der Waals surface area contributed by atoms with Crippen LogP contribution < -0.4 is 10.1 Å². The third-order valence-electron chi connectivity index (χ3n) is 5.11. The molecule has 0 spiro atoms. The van der Waals surface area contributed by atoms with E-state index >= 15 is 0 Å². The molecule has 0 saturated heterocycles. The lowest BCUT2D eigenvalue weighted by Gasteiger charge is -2.22. The first-order valence-electron chi connectivity index (χ1n) is 11.0. The molecule has 0 unspecified atom stereocenters. The molecule has 2 heterocycles. The second-order valence-corrected chi connectivity index (χ2v) is 10.2. The number of hydrogen-bond donors (Lipinski definition) is 1. The van der Waals surface area contributed by atoms with E-state index in [-0.39, 0.29) is 5.41 Å². The minimum Gasteiger partial charge on any atom is -0.437 e. The van der Waals surface area contributed by atoms with Crippen LogP contribution in [0.5, 0.6) is 11.6 Å². The Morgan fingerprint density at radius 2 is 1.67 bits per heavy atom. The van der Waals surface area contributed by atoms with Crippen molar-refractivity contribution in [3.8, 4) is 22.1 Å². The molecule has 1 N–H and O–H groups in total. The van der Waals surface area contributed by atoms with Crippen LogP contribution in [0.15, 0.2) is 72.9 Å². The summed E-state index contributed by atoms with van der Waals surface area (Å²) in [4.78, 5) is 12.7. The highest BCUT2D eigenvalue weighted by molar-refractivity contribution is 7.19. The average molecular weight is 459 g/mol. The number of para-hydroxylation sites is 1. The second-order valence-electron chi connectivity index (χ2n) is 9.23. The van der Waals surface area contributed by atoms with E-state index in [0.29, 0.717) is 5.88 Å². The van der Waals surface area contributed by atoms with Crippen molar-refractivity contribution in [3.63, 3.8) is 0 Å². The Hall–Kier alpha value is -3.22. The minimum absolute atomic E-state index is 0.0417. The Morgan fingerprint density at radius 3 is 2.39 bits per heavy atom. The summed E-state index contributed by atoms with van der Waals surface area (Å²) in [5, 5.41) is 4.27. The van der Waals surface area contributed by atoms with Crippen molar-refractivity contribution in [1.82, 2.24) is 14.9 Å². The van der Waals surface area contributed by atoms with Gasteiger partial charge in [-0.25, -0.2) is 9.97 Å². The fourth-order valence-electron chi connectivity index (χ4n) is 3.59. The van der Waals surface area contributed by atoms with Gasteiger partial charge < -0.3 is 15.0 Å². The Labute approximate surface area is 200 Å². The lowest BCUT2D eigenvalue weighted by atomic mass is 9.86. The van der Waals surface area contributed by atoms with E-state index < -0.39 is 0 Å². The van der Waals surface area contributed by atoms with Gasteiger partial charge in [0.05, 0.1) is 10.6 Å². The van der Waals surface area contributed by atoms with Gasteiger partial charge in [0.2, 0.25) is 5.88 Å². The molecule has 0 bridgehead atoms. The summed E-state index contributed by atoms with van der Waals surface area (Å²) < 4.78 is 6.32. The third-order valence-corrected chi connectivity index (χ3v) is 6.18. The van der Waals surface area contributed by atoms with Crippen molar-refractivity contribution >= 4 is 22.2 Å². The minimum atomic E-state index is -0.0417. The Balaban J connectivity index is 1.66. The predicted molar refractivity (Wildman–Crippen MR) is 138 cm³/mol. The molecule has 0 saturated carbocycles. The van der Waals surface area contributed by atoms with Gasteiger partial charge in [-0.1, -0.05) is 80.6 Å². The Kier molecular flexibility index (Phi) is 6.77. The quantitative estimate of drug-likeness (QED) is 0.320. The fraction of sp³-hybridized carbons (Fsp3) is 0.259. The molecule has 170 valence electrons. The van der Waals surface area contributed by atoms with E-state index in [1.54, 1.807) is 17.5 Å². The van der Waals surface area contributed by atoms with Crippen molar-refractivity contribution in [1.29, 1.82) is 0 Å². The van der Waals surface area contributed by atoms with Crippen molar-refractivity contribution in [2.45, 2.75) is 32.7 Å². The zero-order valence-corrected chi connectivity index (χ0v) is 20.6. The van der Waals surface area contributed by atoms with Crippen LogP contribution in [-0.2, 0) is 12.0 Å². The van der Waals surface area contributed by atoms with Crippen LogP contribution in [0.25, 0.3) is 10.4 Å². The van der Waals surface area contributed by atoms with Gasteiger partial charge in [-0.05, 0) is 43.3 Å². The van der Waals surface area contributed by atoms with Crippen molar-refractivity contribution in [3.05, 3.63) is 84.2 Å². The maximum atomic E-state index is 6.32. The van der Waals surface area contributed by atoms with Gasteiger partial charge in [0, 0.05) is 18.3 Å². The molecule has 0 aliphatic rings. The number of pyridine rings is 1. The largest absolute Gasteiger partial charge is 0.437 e. The number of benzene rings is 2. The normalized spacial score (nSPS) is 11.6. The van der Waals surface area contributed by atoms with Gasteiger partial charge in [-0.3, -0.25) is 0 Å². The number of ether oxygens (including phenoxy) is 1. The number of aromatic nitrogens is 2.